The lowest BCUT2D eigenvalue weighted by Crippen LogP contribution is -2.32. The molecule has 0 fully saturated rings. The van der Waals surface area contributed by atoms with Crippen LogP contribution in [0.1, 0.15) is 51.5 Å². The van der Waals surface area contributed by atoms with E-state index >= 15 is 0 Å². The average molecular weight is 304 g/mol. The Bertz CT molecular complexity index is 469. The van der Waals surface area contributed by atoms with E-state index < -0.39 is 10.0 Å². The Morgan fingerprint density at radius 3 is 2.68 bits per heavy atom. The second-order valence-electron chi connectivity index (χ2n) is 4.85. The number of hydrogen-bond acceptors (Lipinski definition) is 4. The molecule has 110 valence electrons. The topological polar surface area (TPSA) is 72.2 Å². The maximum absolute atomic E-state index is 12.1. The van der Waals surface area contributed by atoms with E-state index in [2.05, 4.69) is 11.6 Å². The molecule has 3 N–H and O–H groups in total. The van der Waals surface area contributed by atoms with E-state index in [1.54, 1.807) is 11.4 Å². The number of sulfonamides is 1. The summed E-state index contributed by atoms with van der Waals surface area (Å²) in [5, 5.41) is 1.79. The highest BCUT2D eigenvalue weighted by Gasteiger charge is 2.19. The maximum atomic E-state index is 12.1. The van der Waals surface area contributed by atoms with Crippen molar-refractivity contribution in [2.45, 2.75) is 62.7 Å². The van der Waals surface area contributed by atoms with Crippen LogP contribution in [-0.2, 0) is 16.6 Å². The molecular formula is C13H24N2O2S2. The molecule has 4 nitrogen and oxygen atoms in total. The van der Waals surface area contributed by atoms with Crippen LogP contribution >= 0.6 is 11.3 Å². The average Bonchev–Trinajstić information content (AvgIpc) is 2.83. The lowest BCUT2D eigenvalue weighted by molar-refractivity contribution is 0.523. The quantitative estimate of drug-likeness (QED) is 0.689. The number of hydrogen-bond donors (Lipinski definition) is 2. The number of thiophene rings is 1. The first kappa shape index (κ1) is 16.6. The molecule has 1 heterocycles. The Labute approximate surface area is 120 Å². The molecule has 1 unspecified atom stereocenters. The zero-order valence-electron chi connectivity index (χ0n) is 11.7. The Morgan fingerprint density at radius 1 is 1.37 bits per heavy atom. The van der Waals surface area contributed by atoms with Crippen molar-refractivity contribution in [1.82, 2.24) is 4.72 Å². The summed E-state index contributed by atoms with van der Waals surface area (Å²) in [7, 11) is -3.38. The van der Waals surface area contributed by atoms with Crippen LogP contribution in [0.2, 0.25) is 0 Å². The van der Waals surface area contributed by atoms with Crippen LogP contribution in [0.5, 0.6) is 0 Å². The fourth-order valence-electron chi connectivity index (χ4n) is 1.86. The molecule has 0 amide bonds. The molecule has 1 rings (SSSR count). The van der Waals surface area contributed by atoms with Crippen molar-refractivity contribution >= 4 is 21.4 Å². The van der Waals surface area contributed by atoms with E-state index in [1.165, 1.54) is 30.6 Å². The van der Waals surface area contributed by atoms with Gasteiger partial charge in [-0.15, -0.1) is 11.3 Å². The largest absolute Gasteiger partial charge is 0.326 e. The Morgan fingerprint density at radius 2 is 2.11 bits per heavy atom. The first-order valence-electron chi connectivity index (χ1n) is 6.79. The van der Waals surface area contributed by atoms with Gasteiger partial charge in [-0.2, -0.15) is 0 Å². The van der Waals surface area contributed by atoms with Crippen LogP contribution in [0.15, 0.2) is 15.7 Å². The van der Waals surface area contributed by atoms with Gasteiger partial charge < -0.3 is 5.73 Å². The molecule has 0 aromatic carbocycles. The summed E-state index contributed by atoms with van der Waals surface area (Å²) in [4.78, 5) is 0. The highest BCUT2D eigenvalue weighted by molar-refractivity contribution is 7.91. The van der Waals surface area contributed by atoms with Gasteiger partial charge in [-0.25, -0.2) is 13.1 Å². The molecule has 0 saturated carbocycles. The summed E-state index contributed by atoms with van der Waals surface area (Å²) in [5.74, 6) is 0. The standard InChI is InChI=1S/C13H24N2O2S2/c1-3-4-5-6-7-11(2)15-19(16,17)13-8-12(9-14)10-18-13/h8,10-11,15H,3-7,9,14H2,1-2H3. The minimum Gasteiger partial charge on any atom is -0.326 e. The lowest BCUT2D eigenvalue weighted by atomic mass is 10.1. The molecule has 6 heteroatoms. The molecule has 0 saturated heterocycles. The highest BCUT2D eigenvalue weighted by Crippen LogP contribution is 2.20. The molecule has 0 aliphatic heterocycles. The summed E-state index contributed by atoms with van der Waals surface area (Å²) in [6.45, 7) is 4.46. The fourth-order valence-corrected chi connectivity index (χ4v) is 4.38. The summed E-state index contributed by atoms with van der Waals surface area (Å²) in [6, 6.07) is 1.63. The van der Waals surface area contributed by atoms with E-state index in [4.69, 9.17) is 5.73 Å². The van der Waals surface area contributed by atoms with Gasteiger partial charge in [0.25, 0.3) is 0 Å². The Kier molecular flexibility index (Phi) is 6.99. The molecular weight excluding hydrogens is 280 g/mol. The van der Waals surface area contributed by atoms with Gasteiger partial charge in [0.1, 0.15) is 4.21 Å². The van der Waals surface area contributed by atoms with Crippen molar-refractivity contribution in [1.29, 1.82) is 0 Å². The van der Waals surface area contributed by atoms with Crippen LogP contribution in [0.25, 0.3) is 0 Å². The van der Waals surface area contributed by atoms with Crippen molar-refractivity contribution in [3.05, 3.63) is 17.0 Å². The maximum Gasteiger partial charge on any atom is 0.250 e. The first-order valence-corrected chi connectivity index (χ1v) is 9.15. The summed E-state index contributed by atoms with van der Waals surface area (Å²) in [5.41, 5.74) is 6.36. The predicted octanol–water partition coefficient (Wildman–Crippen LogP) is 2.84. The van der Waals surface area contributed by atoms with Crippen LogP contribution < -0.4 is 10.5 Å². The molecule has 1 aromatic rings. The highest BCUT2D eigenvalue weighted by atomic mass is 32.2. The lowest BCUT2D eigenvalue weighted by Gasteiger charge is -2.13. The molecule has 0 aliphatic rings. The van der Waals surface area contributed by atoms with Gasteiger partial charge in [-0.3, -0.25) is 0 Å². The molecule has 0 radical (unpaired) electrons. The summed E-state index contributed by atoms with van der Waals surface area (Å²) in [6.07, 6.45) is 5.52. The summed E-state index contributed by atoms with van der Waals surface area (Å²) >= 11 is 1.22. The van der Waals surface area contributed by atoms with Crippen molar-refractivity contribution in [2.24, 2.45) is 5.73 Å². The second-order valence-corrected chi connectivity index (χ2v) is 7.70. The van der Waals surface area contributed by atoms with E-state index in [9.17, 15) is 8.42 Å². The van der Waals surface area contributed by atoms with Crippen LogP contribution in [0, 0.1) is 0 Å². The Hall–Kier alpha value is -0.430. The third kappa shape index (κ3) is 5.60. The molecule has 0 aliphatic carbocycles. The first-order chi connectivity index (χ1) is 8.99. The fraction of sp³-hybridized carbons (Fsp3) is 0.692. The van der Waals surface area contributed by atoms with Gasteiger partial charge in [0.05, 0.1) is 0 Å². The molecule has 0 spiro atoms. The van der Waals surface area contributed by atoms with Crippen LogP contribution in [0.3, 0.4) is 0 Å². The smallest absolute Gasteiger partial charge is 0.250 e. The van der Waals surface area contributed by atoms with Crippen molar-refractivity contribution < 1.29 is 8.42 Å². The van der Waals surface area contributed by atoms with E-state index in [1.807, 2.05) is 6.92 Å². The number of rotatable bonds is 9. The van der Waals surface area contributed by atoms with Gasteiger partial charge in [0.15, 0.2) is 0 Å². The van der Waals surface area contributed by atoms with Crippen LogP contribution in [0.4, 0.5) is 0 Å². The van der Waals surface area contributed by atoms with Crippen molar-refractivity contribution in [3.63, 3.8) is 0 Å². The molecule has 1 atom stereocenters. The minimum atomic E-state index is -3.38. The minimum absolute atomic E-state index is 0.0229. The second kappa shape index (κ2) is 7.99. The van der Waals surface area contributed by atoms with Gasteiger partial charge in [-0.05, 0) is 30.4 Å². The van der Waals surface area contributed by atoms with Gasteiger partial charge in [-0.1, -0.05) is 32.6 Å². The van der Waals surface area contributed by atoms with E-state index in [0.717, 1.165) is 18.4 Å². The zero-order chi connectivity index (χ0) is 14.3. The number of unbranched alkanes of at least 4 members (excludes halogenated alkanes) is 3. The SMILES string of the molecule is CCCCCCC(C)NS(=O)(=O)c1cc(CN)cs1. The van der Waals surface area contributed by atoms with Crippen molar-refractivity contribution in [2.75, 3.05) is 0 Å². The van der Waals surface area contributed by atoms with Gasteiger partial charge >= 0.3 is 0 Å². The van der Waals surface area contributed by atoms with Gasteiger partial charge in [0.2, 0.25) is 10.0 Å². The monoisotopic (exact) mass is 304 g/mol. The third-order valence-electron chi connectivity index (χ3n) is 2.98. The van der Waals surface area contributed by atoms with E-state index in [0.29, 0.717) is 10.8 Å². The van der Waals surface area contributed by atoms with Crippen LogP contribution in [-0.4, -0.2) is 14.5 Å². The Balaban J connectivity index is 2.49. The number of nitrogens with two attached hydrogens (primary N) is 1. The van der Waals surface area contributed by atoms with E-state index in [-0.39, 0.29) is 6.04 Å². The molecule has 0 bridgehead atoms. The summed E-state index contributed by atoms with van der Waals surface area (Å²) < 4.78 is 27.3. The zero-order valence-corrected chi connectivity index (χ0v) is 13.3. The normalized spacial score (nSPS) is 13.6. The van der Waals surface area contributed by atoms with Gasteiger partial charge in [0, 0.05) is 12.6 Å². The number of nitrogens with one attached hydrogen (secondary N) is 1. The molecule has 19 heavy (non-hydrogen) atoms. The third-order valence-corrected chi connectivity index (χ3v) is 6.06. The molecule has 1 aromatic heterocycles. The predicted molar refractivity (Wildman–Crippen MR) is 80.8 cm³/mol. The van der Waals surface area contributed by atoms with Crippen molar-refractivity contribution in [3.8, 4) is 0 Å².